The Bertz CT molecular complexity index is 840. The smallest absolute Gasteiger partial charge is 0.272 e. The van der Waals surface area contributed by atoms with Crippen LogP contribution in [0.4, 0.5) is 0 Å². The average Bonchev–Trinajstić information content (AvgIpc) is 3.11. The minimum absolute atomic E-state index is 0.423. The molecule has 1 aliphatic rings. The van der Waals surface area contributed by atoms with Crippen LogP contribution in [-0.2, 0) is 23.2 Å². The summed E-state index contributed by atoms with van der Waals surface area (Å²) >= 11 is 0. The van der Waals surface area contributed by atoms with Crippen molar-refractivity contribution in [2.75, 3.05) is 27.2 Å². The van der Waals surface area contributed by atoms with E-state index in [1.807, 2.05) is 24.0 Å². The summed E-state index contributed by atoms with van der Waals surface area (Å²) < 4.78 is 29.1. The molecule has 0 radical (unpaired) electrons. The minimum atomic E-state index is -3.31. The van der Waals surface area contributed by atoms with E-state index in [0.29, 0.717) is 19.0 Å². The van der Waals surface area contributed by atoms with Gasteiger partial charge in [-0.25, -0.2) is 4.98 Å². The second kappa shape index (κ2) is 7.81. The van der Waals surface area contributed by atoms with E-state index in [9.17, 15) is 8.42 Å². The zero-order valence-electron chi connectivity index (χ0n) is 15.5. The summed E-state index contributed by atoms with van der Waals surface area (Å²) in [6.45, 7) is 3.98. The molecule has 3 heterocycles. The molecule has 0 bridgehead atoms. The van der Waals surface area contributed by atoms with Crippen LogP contribution in [0.1, 0.15) is 25.5 Å². The number of hydrogen-bond acceptors (Lipinski definition) is 5. The summed E-state index contributed by atoms with van der Waals surface area (Å²) in [5.74, 6) is 0.423. The molecule has 0 saturated carbocycles. The molecule has 26 heavy (non-hydrogen) atoms. The fourth-order valence-corrected chi connectivity index (χ4v) is 4.32. The molecule has 0 spiro atoms. The lowest BCUT2D eigenvalue weighted by Gasteiger charge is -2.32. The molecule has 2 aromatic rings. The van der Waals surface area contributed by atoms with Gasteiger partial charge in [-0.05, 0) is 32.1 Å². The van der Waals surface area contributed by atoms with Gasteiger partial charge in [0.2, 0.25) is 0 Å². The molecule has 0 N–H and O–H groups in total. The SMILES string of the molecule is CCn1cc(-c2cncc(CC3CCN(S(=O)(=O)N(C)C)CC3)n2)cn1. The summed E-state index contributed by atoms with van der Waals surface area (Å²) in [4.78, 5) is 9.05. The number of aryl methyl sites for hydroxylation is 1. The second-order valence-electron chi connectivity index (χ2n) is 6.82. The van der Waals surface area contributed by atoms with Gasteiger partial charge in [-0.2, -0.15) is 22.1 Å². The van der Waals surface area contributed by atoms with Crippen LogP contribution in [0.2, 0.25) is 0 Å². The van der Waals surface area contributed by atoms with Gasteiger partial charge in [0.1, 0.15) is 0 Å². The zero-order valence-corrected chi connectivity index (χ0v) is 16.4. The first-order chi connectivity index (χ1) is 12.4. The first-order valence-corrected chi connectivity index (χ1v) is 10.3. The maximum Gasteiger partial charge on any atom is 0.281 e. The van der Waals surface area contributed by atoms with Crippen molar-refractivity contribution in [1.82, 2.24) is 28.4 Å². The summed E-state index contributed by atoms with van der Waals surface area (Å²) in [6.07, 6.45) is 9.84. The third-order valence-corrected chi connectivity index (χ3v) is 6.74. The van der Waals surface area contributed by atoms with Gasteiger partial charge in [0.15, 0.2) is 0 Å². The summed E-state index contributed by atoms with van der Waals surface area (Å²) in [5, 5.41) is 4.28. The maximum absolute atomic E-state index is 12.2. The number of rotatable bonds is 6. The molecule has 1 aliphatic heterocycles. The molecule has 142 valence electrons. The van der Waals surface area contributed by atoms with Crippen LogP contribution in [-0.4, -0.2) is 64.0 Å². The molecule has 0 unspecified atom stereocenters. The van der Waals surface area contributed by atoms with Gasteiger partial charge in [0, 0.05) is 51.7 Å². The third-order valence-electron chi connectivity index (χ3n) is 4.80. The van der Waals surface area contributed by atoms with Crippen LogP contribution in [0, 0.1) is 5.92 Å². The van der Waals surface area contributed by atoms with Gasteiger partial charge >= 0.3 is 0 Å². The van der Waals surface area contributed by atoms with Crippen molar-refractivity contribution in [3.05, 3.63) is 30.5 Å². The monoisotopic (exact) mass is 378 g/mol. The van der Waals surface area contributed by atoms with E-state index in [2.05, 4.69) is 10.1 Å². The molecular formula is C17H26N6O2S. The van der Waals surface area contributed by atoms with E-state index >= 15 is 0 Å². The minimum Gasteiger partial charge on any atom is -0.272 e. The van der Waals surface area contributed by atoms with Crippen molar-refractivity contribution in [1.29, 1.82) is 0 Å². The van der Waals surface area contributed by atoms with Gasteiger partial charge in [0.05, 0.1) is 23.8 Å². The van der Waals surface area contributed by atoms with E-state index in [4.69, 9.17) is 4.98 Å². The van der Waals surface area contributed by atoms with Crippen molar-refractivity contribution in [3.63, 3.8) is 0 Å². The predicted octanol–water partition coefficient (Wildman–Crippen LogP) is 1.42. The van der Waals surface area contributed by atoms with Gasteiger partial charge in [-0.1, -0.05) is 0 Å². The highest BCUT2D eigenvalue weighted by atomic mass is 32.2. The predicted molar refractivity (Wildman–Crippen MR) is 99.5 cm³/mol. The second-order valence-corrected chi connectivity index (χ2v) is 8.96. The normalized spacial score (nSPS) is 17.1. The van der Waals surface area contributed by atoms with Crippen LogP contribution in [0.3, 0.4) is 0 Å². The molecule has 0 aliphatic carbocycles. The fraction of sp³-hybridized carbons (Fsp3) is 0.588. The zero-order chi connectivity index (χ0) is 18.7. The number of hydrogen-bond donors (Lipinski definition) is 0. The van der Waals surface area contributed by atoms with Crippen LogP contribution >= 0.6 is 0 Å². The highest BCUT2D eigenvalue weighted by Gasteiger charge is 2.29. The molecule has 1 saturated heterocycles. The van der Waals surface area contributed by atoms with Crippen LogP contribution in [0.5, 0.6) is 0 Å². The lowest BCUT2D eigenvalue weighted by molar-refractivity contribution is 0.261. The summed E-state index contributed by atoms with van der Waals surface area (Å²) in [5.41, 5.74) is 2.74. The Hall–Kier alpha value is -1.84. The largest absolute Gasteiger partial charge is 0.281 e. The Kier molecular flexibility index (Phi) is 5.69. The van der Waals surface area contributed by atoms with Crippen molar-refractivity contribution in [3.8, 4) is 11.3 Å². The Morgan fingerprint density at radius 3 is 2.54 bits per heavy atom. The molecule has 0 aromatic carbocycles. The van der Waals surface area contributed by atoms with E-state index in [0.717, 1.165) is 42.8 Å². The molecule has 8 nitrogen and oxygen atoms in total. The molecule has 9 heteroatoms. The Morgan fingerprint density at radius 1 is 1.19 bits per heavy atom. The molecule has 0 atom stereocenters. The van der Waals surface area contributed by atoms with Gasteiger partial charge in [-0.3, -0.25) is 9.67 Å². The molecule has 0 amide bonds. The Labute approximate surface area is 155 Å². The Balaban J connectivity index is 1.63. The van der Waals surface area contributed by atoms with Crippen molar-refractivity contribution in [2.45, 2.75) is 32.7 Å². The molecule has 3 rings (SSSR count). The van der Waals surface area contributed by atoms with Crippen LogP contribution in [0.15, 0.2) is 24.8 Å². The lowest BCUT2D eigenvalue weighted by Crippen LogP contribution is -2.44. The average molecular weight is 379 g/mol. The van der Waals surface area contributed by atoms with Gasteiger partial charge in [-0.15, -0.1) is 0 Å². The topological polar surface area (TPSA) is 84.2 Å². The van der Waals surface area contributed by atoms with Gasteiger partial charge in [0.25, 0.3) is 10.2 Å². The number of aromatic nitrogens is 4. The van der Waals surface area contributed by atoms with Crippen LogP contribution < -0.4 is 0 Å². The fourth-order valence-electron chi connectivity index (χ4n) is 3.18. The van der Waals surface area contributed by atoms with Crippen molar-refractivity contribution in [2.24, 2.45) is 5.92 Å². The highest BCUT2D eigenvalue weighted by molar-refractivity contribution is 7.86. The number of piperidine rings is 1. The Morgan fingerprint density at radius 2 is 1.92 bits per heavy atom. The maximum atomic E-state index is 12.2. The standard InChI is InChI=1S/C17H26N6O2S/c1-4-22-13-15(10-19-22)17-12-18-11-16(20-17)9-14-5-7-23(8-6-14)26(24,25)21(2)3/h10-14H,4-9H2,1-3H3. The first kappa shape index (κ1) is 18.9. The molecule has 2 aromatic heterocycles. The van der Waals surface area contributed by atoms with Crippen molar-refractivity contribution < 1.29 is 8.42 Å². The quantitative estimate of drug-likeness (QED) is 0.759. The molecular weight excluding hydrogens is 352 g/mol. The highest BCUT2D eigenvalue weighted by Crippen LogP contribution is 2.24. The number of nitrogens with zero attached hydrogens (tertiary/aromatic N) is 6. The van der Waals surface area contributed by atoms with E-state index in [1.165, 1.54) is 4.31 Å². The van der Waals surface area contributed by atoms with Crippen LogP contribution in [0.25, 0.3) is 11.3 Å². The third kappa shape index (κ3) is 4.11. The molecule has 1 fully saturated rings. The summed E-state index contributed by atoms with van der Waals surface area (Å²) in [7, 11) is -0.165. The van der Waals surface area contributed by atoms with Crippen molar-refractivity contribution >= 4 is 10.2 Å². The lowest BCUT2D eigenvalue weighted by atomic mass is 9.93. The first-order valence-electron chi connectivity index (χ1n) is 8.91. The van der Waals surface area contributed by atoms with E-state index in [-0.39, 0.29) is 0 Å². The van der Waals surface area contributed by atoms with E-state index in [1.54, 1.807) is 30.8 Å². The van der Waals surface area contributed by atoms with E-state index < -0.39 is 10.2 Å². The summed E-state index contributed by atoms with van der Waals surface area (Å²) in [6, 6.07) is 0. The van der Waals surface area contributed by atoms with Gasteiger partial charge < -0.3 is 0 Å².